The summed E-state index contributed by atoms with van der Waals surface area (Å²) >= 11 is 5.44. The standard InChI is InChI=1S/C19H29ClO2/c1-3-4-5-6-7-8-10-13-16(2)18(22-19(20)21)17-14-11-9-12-15-17/h9,11-12,14-16,18H,3-8,10,13H2,1-2H3. The Bertz CT molecular complexity index is 405. The molecule has 0 amide bonds. The summed E-state index contributed by atoms with van der Waals surface area (Å²) in [5.41, 5.74) is 0.298. The molecule has 0 fully saturated rings. The molecule has 0 radical (unpaired) electrons. The molecule has 3 heteroatoms. The van der Waals surface area contributed by atoms with Crippen molar-refractivity contribution in [2.45, 2.75) is 71.3 Å². The van der Waals surface area contributed by atoms with Gasteiger partial charge in [-0.15, -0.1) is 0 Å². The Balaban J connectivity index is 2.38. The number of rotatable bonds is 11. The van der Waals surface area contributed by atoms with Gasteiger partial charge >= 0.3 is 5.43 Å². The van der Waals surface area contributed by atoms with E-state index in [4.69, 9.17) is 16.3 Å². The third-order valence-electron chi connectivity index (χ3n) is 4.13. The maximum Gasteiger partial charge on any atom is 0.404 e. The van der Waals surface area contributed by atoms with Gasteiger partial charge in [-0.3, -0.25) is 0 Å². The molecular formula is C19H29ClO2. The molecule has 1 aromatic carbocycles. The van der Waals surface area contributed by atoms with E-state index in [2.05, 4.69) is 13.8 Å². The Labute approximate surface area is 140 Å². The lowest BCUT2D eigenvalue weighted by Crippen LogP contribution is -2.15. The van der Waals surface area contributed by atoms with E-state index in [1.807, 2.05) is 30.3 Å². The third-order valence-corrected chi connectivity index (χ3v) is 4.22. The van der Waals surface area contributed by atoms with Gasteiger partial charge in [0, 0.05) is 11.6 Å². The van der Waals surface area contributed by atoms with Gasteiger partial charge in [0.25, 0.3) is 0 Å². The smallest absolute Gasteiger partial charge is 0.404 e. The van der Waals surface area contributed by atoms with Crippen molar-refractivity contribution in [1.29, 1.82) is 0 Å². The van der Waals surface area contributed by atoms with Crippen LogP contribution in [0, 0.1) is 5.92 Å². The van der Waals surface area contributed by atoms with Crippen molar-refractivity contribution in [2.24, 2.45) is 5.92 Å². The van der Waals surface area contributed by atoms with Crippen LogP contribution in [0.3, 0.4) is 0 Å². The van der Waals surface area contributed by atoms with E-state index in [9.17, 15) is 4.79 Å². The first kappa shape index (κ1) is 19.0. The van der Waals surface area contributed by atoms with E-state index in [0.29, 0.717) is 0 Å². The summed E-state index contributed by atoms with van der Waals surface area (Å²) in [4.78, 5) is 11.2. The maximum absolute atomic E-state index is 11.2. The molecule has 0 aliphatic heterocycles. The molecular weight excluding hydrogens is 296 g/mol. The predicted molar refractivity (Wildman–Crippen MR) is 93.3 cm³/mol. The van der Waals surface area contributed by atoms with E-state index in [-0.39, 0.29) is 12.0 Å². The second-order valence-electron chi connectivity index (χ2n) is 6.07. The quantitative estimate of drug-likeness (QED) is 0.327. The van der Waals surface area contributed by atoms with Crippen LogP contribution in [0.25, 0.3) is 0 Å². The lowest BCUT2D eigenvalue weighted by atomic mass is 9.92. The molecule has 0 aliphatic rings. The lowest BCUT2D eigenvalue weighted by molar-refractivity contribution is 0.0814. The van der Waals surface area contributed by atoms with Crippen LogP contribution in [0.2, 0.25) is 0 Å². The fourth-order valence-electron chi connectivity index (χ4n) is 2.83. The molecule has 22 heavy (non-hydrogen) atoms. The second-order valence-corrected chi connectivity index (χ2v) is 6.38. The Morgan fingerprint density at radius 3 is 2.23 bits per heavy atom. The predicted octanol–water partition coefficient (Wildman–Crippen LogP) is 6.88. The van der Waals surface area contributed by atoms with Gasteiger partial charge in [0.2, 0.25) is 0 Å². The topological polar surface area (TPSA) is 26.3 Å². The van der Waals surface area contributed by atoms with Gasteiger partial charge in [0.15, 0.2) is 0 Å². The average molecular weight is 325 g/mol. The molecule has 0 aromatic heterocycles. The van der Waals surface area contributed by atoms with Crippen LogP contribution in [0.15, 0.2) is 30.3 Å². The number of carbonyl (C=O) groups excluding carboxylic acids is 1. The van der Waals surface area contributed by atoms with Crippen LogP contribution < -0.4 is 0 Å². The molecule has 0 heterocycles. The molecule has 0 spiro atoms. The summed E-state index contributed by atoms with van der Waals surface area (Å²) in [6.07, 6.45) is 9.86. The summed E-state index contributed by atoms with van der Waals surface area (Å²) in [6, 6.07) is 9.87. The summed E-state index contributed by atoms with van der Waals surface area (Å²) in [5, 5.41) is 0. The molecule has 0 N–H and O–H groups in total. The number of carbonyl (C=O) groups is 1. The van der Waals surface area contributed by atoms with Gasteiger partial charge in [0.1, 0.15) is 6.10 Å². The fourth-order valence-corrected chi connectivity index (χ4v) is 2.93. The van der Waals surface area contributed by atoms with Gasteiger partial charge < -0.3 is 4.74 Å². The fraction of sp³-hybridized carbons (Fsp3) is 0.632. The molecule has 0 aliphatic carbocycles. The van der Waals surface area contributed by atoms with Crippen molar-refractivity contribution in [2.75, 3.05) is 0 Å². The van der Waals surface area contributed by atoms with Crippen molar-refractivity contribution in [3.05, 3.63) is 35.9 Å². The molecule has 1 rings (SSSR count). The van der Waals surface area contributed by atoms with Gasteiger partial charge in [-0.05, 0) is 17.9 Å². The number of unbranched alkanes of at least 4 members (excludes halogenated alkanes) is 6. The Morgan fingerprint density at radius 2 is 1.64 bits per heavy atom. The van der Waals surface area contributed by atoms with Crippen LogP contribution in [-0.4, -0.2) is 5.43 Å². The van der Waals surface area contributed by atoms with Crippen molar-refractivity contribution in [3.63, 3.8) is 0 Å². The largest absolute Gasteiger partial charge is 0.445 e. The maximum atomic E-state index is 11.2. The first-order valence-electron chi connectivity index (χ1n) is 8.56. The Morgan fingerprint density at radius 1 is 1.05 bits per heavy atom. The first-order valence-corrected chi connectivity index (χ1v) is 8.94. The monoisotopic (exact) mass is 324 g/mol. The number of hydrogen-bond acceptors (Lipinski definition) is 2. The average Bonchev–Trinajstić information content (AvgIpc) is 2.52. The molecule has 0 saturated heterocycles. The summed E-state index contributed by atoms with van der Waals surface area (Å²) in [7, 11) is 0. The molecule has 0 bridgehead atoms. The molecule has 0 saturated carbocycles. The zero-order valence-corrected chi connectivity index (χ0v) is 14.6. The minimum Gasteiger partial charge on any atom is -0.445 e. The minimum atomic E-state index is -0.722. The van der Waals surface area contributed by atoms with E-state index < -0.39 is 5.43 Å². The van der Waals surface area contributed by atoms with Crippen molar-refractivity contribution in [1.82, 2.24) is 0 Å². The van der Waals surface area contributed by atoms with Crippen LogP contribution in [0.1, 0.15) is 76.9 Å². The highest BCUT2D eigenvalue weighted by Gasteiger charge is 2.22. The third kappa shape index (κ3) is 7.84. The second kappa shape index (κ2) is 11.5. The van der Waals surface area contributed by atoms with Gasteiger partial charge in [-0.25, -0.2) is 4.79 Å². The molecule has 2 nitrogen and oxygen atoms in total. The van der Waals surface area contributed by atoms with E-state index >= 15 is 0 Å². The number of halogens is 1. The highest BCUT2D eigenvalue weighted by Crippen LogP contribution is 2.30. The summed E-state index contributed by atoms with van der Waals surface area (Å²) in [6.45, 7) is 4.37. The van der Waals surface area contributed by atoms with Crippen LogP contribution in [0.4, 0.5) is 4.79 Å². The zero-order valence-electron chi connectivity index (χ0n) is 13.9. The van der Waals surface area contributed by atoms with Crippen molar-refractivity contribution < 1.29 is 9.53 Å². The molecule has 2 atom stereocenters. The van der Waals surface area contributed by atoms with Gasteiger partial charge in [-0.2, -0.15) is 0 Å². The number of ether oxygens (including phenoxy) is 1. The summed E-state index contributed by atoms with van der Waals surface area (Å²) < 4.78 is 5.33. The minimum absolute atomic E-state index is 0.244. The van der Waals surface area contributed by atoms with Crippen LogP contribution in [-0.2, 0) is 4.74 Å². The van der Waals surface area contributed by atoms with E-state index in [1.165, 1.54) is 44.9 Å². The number of hydrogen-bond donors (Lipinski definition) is 0. The van der Waals surface area contributed by atoms with Gasteiger partial charge in [-0.1, -0.05) is 89.1 Å². The first-order chi connectivity index (χ1) is 10.6. The van der Waals surface area contributed by atoms with Gasteiger partial charge in [0.05, 0.1) is 0 Å². The molecule has 124 valence electrons. The van der Waals surface area contributed by atoms with Crippen LogP contribution >= 0.6 is 11.6 Å². The Hall–Kier alpha value is -1.02. The molecule has 1 aromatic rings. The summed E-state index contributed by atoms with van der Waals surface area (Å²) in [5.74, 6) is 0.278. The normalized spacial score (nSPS) is 13.6. The highest BCUT2D eigenvalue weighted by molar-refractivity contribution is 6.61. The van der Waals surface area contributed by atoms with E-state index in [1.54, 1.807) is 0 Å². The van der Waals surface area contributed by atoms with Crippen LogP contribution in [0.5, 0.6) is 0 Å². The SMILES string of the molecule is CCCCCCCCCC(C)C(OC(=O)Cl)c1ccccc1. The Kier molecular flexibility index (Phi) is 9.98. The van der Waals surface area contributed by atoms with Crippen molar-refractivity contribution in [3.8, 4) is 0 Å². The highest BCUT2D eigenvalue weighted by atomic mass is 35.5. The number of benzene rings is 1. The lowest BCUT2D eigenvalue weighted by Gasteiger charge is -2.23. The van der Waals surface area contributed by atoms with Crippen molar-refractivity contribution >= 4 is 17.0 Å². The zero-order chi connectivity index (χ0) is 16.2. The van der Waals surface area contributed by atoms with E-state index in [0.717, 1.165) is 12.0 Å². The molecule has 2 unspecified atom stereocenters.